The van der Waals surface area contributed by atoms with E-state index in [1.807, 2.05) is 0 Å². The molecule has 1 saturated carbocycles. The molecule has 0 bridgehead atoms. The molecule has 0 radical (unpaired) electrons. The van der Waals surface area contributed by atoms with Crippen molar-refractivity contribution in [3.8, 4) is 0 Å². The van der Waals surface area contributed by atoms with Crippen LogP contribution >= 0.6 is 0 Å². The van der Waals surface area contributed by atoms with Crippen LogP contribution in [0.2, 0.25) is 0 Å². The highest BCUT2D eigenvalue weighted by Gasteiger charge is 2.24. The summed E-state index contributed by atoms with van der Waals surface area (Å²) in [6.07, 6.45) is 3.04. The zero-order valence-electron chi connectivity index (χ0n) is 9.98. The Morgan fingerprint density at radius 3 is 2.44 bits per heavy atom. The van der Waals surface area contributed by atoms with E-state index < -0.39 is 6.09 Å². The summed E-state index contributed by atoms with van der Waals surface area (Å²) in [5.41, 5.74) is 8.30. The minimum Gasteiger partial charge on any atom is -0.446 e. The molecule has 94 valence electrons. The SMILES string of the molecule is CC(C)OC(=O)NN(N)[C@H]1CC[C@H](N)CC1. The van der Waals surface area contributed by atoms with Gasteiger partial charge in [-0.3, -0.25) is 5.84 Å². The van der Waals surface area contributed by atoms with E-state index in [4.69, 9.17) is 16.3 Å². The average molecular weight is 230 g/mol. The van der Waals surface area contributed by atoms with E-state index in [0.717, 1.165) is 25.7 Å². The first-order valence-corrected chi connectivity index (χ1v) is 5.75. The van der Waals surface area contributed by atoms with Crippen molar-refractivity contribution < 1.29 is 9.53 Å². The Bertz CT molecular complexity index is 227. The van der Waals surface area contributed by atoms with E-state index in [9.17, 15) is 4.79 Å². The Morgan fingerprint density at radius 2 is 1.94 bits per heavy atom. The van der Waals surface area contributed by atoms with Gasteiger partial charge in [0.05, 0.1) is 6.10 Å². The molecule has 0 heterocycles. The molecule has 0 aromatic heterocycles. The number of carbonyl (C=O) groups is 1. The molecule has 0 unspecified atom stereocenters. The Labute approximate surface area is 96.2 Å². The minimum atomic E-state index is -0.507. The highest BCUT2D eigenvalue weighted by molar-refractivity contribution is 5.66. The van der Waals surface area contributed by atoms with Crippen LogP contribution in [0, 0.1) is 0 Å². The smallest absolute Gasteiger partial charge is 0.423 e. The highest BCUT2D eigenvalue weighted by atomic mass is 16.6. The fourth-order valence-corrected chi connectivity index (χ4v) is 1.82. The summed E-state index contributed by atoms with van der Waals surface area (Å²) in [7, 11) is 0. The summed E-state index contributed by atoms with van der Waals surface area (Å²) in [5, 5.41) is 1.34. The summed E-state index contributed by atoms with van der Waals surface area (Å²) in [4.78, 5) is 11.3. The maximum Gasteiger partial charge on any atom is 0.423 e. The predicted octanol–water partition coefficient (Wildman–Crippen LogP) is 0.482. The number of hydrazine groups is 2. The zero-order valence-corrected chi connectivity index (χ0v) is 9.98. The number of ether oxygens (including phenoxy) is 1. The quantitative estimate of drug-likeness (QED) is 0.484. The number of nitrogens with zero attached hydrogens (tertiary/aromatic N) is 1. The van der Waals surface area contributed by atoms with E-state index in [-0.39, 0.29) is 18.2 Å². The summed E-state index contributed by atoms with van der Waals surface area (Å²) < 4.78 is 4.94. The number of hydrogen-bond donors (Lipinski definition) is 3. The number of carbonyl (C=O) groups excluding carboxylic acids is 1. The van der Waals surface area contributed by atoms with Gasteiger partial charge in [0.15, 0.2) is 0 Å². The largest absolute Gasteiger partial charge is 0.446 e. The zero-order chi connectivity index (χ0) is 12.1. The Balaban J connectivity index is 2.29. The molecule has 0 spiro atoms. The van der Waals surface area contributed by atoms with Gasteiger partial charge in [-0.1, -0.05) is 0 Å². The van der Waals surface area contributed by atoms with Gasteiger partial charge in [-0.2, -0.15) is 5.12 Å². The Hall–Kier alpha value is -0.850. The molecule has 1 fully saturated rings. The van der Waals surface area contributed by atoms with Gasteiger partial charge in [0.1, 0.15) is 0 Å². The lowest BCUT2D eigenvalue weighted by Gasteiger charge is -2.32. The second-order valence-corrected chi connectivity index (χ2v) is 4.54. The van der Waals surface area contributed by atoms with E-state index in [1.165, 1.54) is 5.12 Å². The third-order valence-corrected chi connectivity index (χ3v) is 2.70. The molecule has 6 heteroatoms. The first kappa shape index (κ1) is 13.2. The molecule has 16 heavy (non-hydrogen) atoms. The third kappa shape index (κ3) is 4.34. The standard InChI is InChI=1S/C10H22N4O2/c1-7(2)16-10(15)13-14(12)9-5-3-8(11)4-6-9/h7-9H,3-6,11-12H2,1-2H3,(H,13,15)/t8-,9-. The molecule has 0 aliphatic heterocycles. The van der Waals surface area contributed by atoms with Crippen molar-refractivity contribution in [3.05, 3.63) is 0 Å². The molecule has 6 nitrogen and oxygen atoms in total. The maximum absolute atomic E-state index is 11.3. The van der Waals surface area contributed by atoms with Crippen molar-refractivity contribution in [1.29, 1.82) is 0 Å². The molecule has 0 aromatic carbocycles. The van der Waals surface area contributed by atoms with E-state index >= 15 is 0 Å². The molecule has 0 saturated heterocycles. The summed E-state index contributed by atoms with van der Waals surface area (Å²) >= 11 is 0. The highest BCUT2D eigenvalue weighted by Crippen LogP contribution is 2.19. The lowest BCUT2D eigenvalue weighted by molar-refractivity contribution is 0.0537. The van der Waals surface area contributed by atoms with Gasteiger partial charge < -0.3 is 10.5 Å². The van der Waals surface area contributed by atoms with Gasteiger partial charge in [-0.15, -0.1) is 0 Å². The molecule has 1 aliphatic carbocycles. The molecule has 0 aromatic rings. The second kappa shape index (κ2) is 6.03. The van der Waals surface area contributed by atoms with Crippen molar-refractivity contribution in [1.82, 2.24) is 10.5 Å². The van der Waals surface area contributed by atoms with Crippen LogP contribution in [0.3, 0.4) is 0 Å². The first-order chi connectivity index (χ1) is 7.49. The van der Waals surface area contributed by atoms with Gasteiger partial charge in [-0.25, -0.2) is 10.2 Å². The van der Waals surface area contributed by atoms with Crippen molar-refractivity contribution in [2.24, 2.45) is 11.6 Å². The number of nitrogens with two attached hydrogens (primary N) is 2. The predicted molar refractivity (Wildman–Crippen MR) is 61.0 cm³/mol. The van der Waals surface area contributed by atoms with Crippen LogP contribution in [0.5, 0.6) is 0 Å². The number of hydrogen-bond acceptors (Lipinski definition) is 5. The fraction of sp³-hybridized carbons (Fsp3) is 0.900. The molecule has 5 N–H and O–H groups in total. The summed E-state index contributed by atoms with van der Waals surface area (Å²) in [5.74, 6) is 5.75. The van der Waals surface area contributed by atoms with Crippen LogP contribution in [-0.2, 0) is 4.74 Å². The molecular formula is C10H22N4O2. The van der Waals surface area contributed by atoms with Crippen LogP contribution in [0.4, 0.5) is 4.79 Å². The molecule has 1 amide bonds. The Kier molecular flexibility index (Phi) is 4.98. The van der Waals surface area contributed by atoms with Crippen LogP contribution in [0.1, 0.15) is 39.5 Å². The summed E-state index contributed by atoms with van der Waals surface area (Å²) in [6, 6.07) is 0.423. The molecular weight excluding hydrogens is 208 g/mol. The monoisotopic (exact) mass is 230 g/mol. The van der Waals surface area contributed by atoms with Gasteiger partial charge in [0, 0.05) is 12.1 Å². The van der Waals surface area contributed by atoms with Crippen molar-refractivity contribution in [3.63, 3.8) is 0 Å². The third-order valence-electron chi connectivity index (χ3n) is 2.70. The van der Waals surface area contributed by atoms with Gasteiger partial charge in [0.25, 0.3) is 0 Å². The molecule has 1 rings (SSSR count). The van der Waals surface area contributed by atoms with Gasteiger partial charge in [0.2, 0.25) is 0 Å². The first-order valence-electron chi connectivity index (χ1n) is 5.75. The van der Waals surface area contributed by atoms with Gasteiger partial charge in [-0.05, 0) is 39.5 Å². The van der Waals surface area contributed by atoms with E-state index in [2.05, 4.69) is 5.43 Å². The fourth-order valence-electron chi connectivity index (χ4n) is 1.82. The minimum absolute atomic E-state index is 0.145. The lowest BCUT2D eigenvalue weighted by Crippen LogP contribution is -2.55. The normalized spacial score (nSPS) is 25.9. The van der Waals surface area contributed by atoms with Gasteiger partial charge >= 0.3 is 6.09 Å². The lowest BCUT2D eigenvalue weighted by atomic mass is 9.92. The topological polar surface area (TPSA) is 93.6 Å². The van der Waals surface area contributed by atoms with Crippen molar-refractivity contribution in [2.45, 2.75) is 57.7 Å². The van der Waals surface area contributed by atoms with Crippen molar-refractivity contribution in [2.75, 3.05) is 0 Å². The number of rotatable bonds is 3. The summed E-state index contributed by atoms with van der Waals surface area (Å²) in [6.45, 7) is 3.58. The number of amides is 1. The van der Waals surface area contributed by atoms with E-state index in [0.29, 0.717) is 0 Å². The van der Waals surface area contributed by atoms with Crippen LogP contribution in [0.25, 0.3) is 0 Å². The molecule has 1 aliphatic rings. The van der Waals surface area contributed by atoms with Crippen LogP contribution in [0.15, 0.2) is 0 Å². The Morgan fingerprint density at radius 1 is 1.38 bits per heavy atom. The maximum atomic E-state index is 11.3. The second-order valence-electron chi connectivity index (χ2n) is 4.54. The average Bonchev–Trinajstić information content (AvgIpc) is 2.16. The van der Waals surface area contributed by atoms with Crippen molar-refractivity contribution >= 4 is 6.09 Å². The van der Waals surface area contributed by atoms with E-state index in [1.54, 1.807) is 13.8 Å². The van der Waals surface area contributed by atoms with Crippen LogP contribution < -0.4 is 17.0 Å². The number of nitrogens with one attached hydrogen (secondary N) is 1. The van der Waals surface area contributed by atoms with Crippen LogP contribution in [-0.4, -0.2) is 29.4 Å². The molecule has 0 atom stereocenters.